The van der Waals surface area contributed by atoms with Gasteiger partial charge in [0.2, 0.25) is 0 Å². The molecule has 106 valence electrons. The summed E-state index contributed by atoms with van der Waals surface area (Å²) in [4.78, 5) is 2.10. The quantitative estimate of drug-likeness (QED) is 0.640. The first-order valence-corrected chi connectivity index (χ1v) is 6.72. The lowest BCUT2D eigenvalue weighted by atomic mass is 9.51. The molecule has 1 aliphatic heterocycles. The van der Waals surface area contributed by atoms with E-state index in [2.05, 4.69) is 11.8 Å². The molecule has 1 spiro atoms. The molecule has 0 aromatic heterocycles. The molecule has 0 unspecified atom stereocenters. The molecule has 2 fully saturated rings. The van der Waals surface area contributed by atoms with Gasteiger partial charge in [-0.1, -0.05) is 0 Å². The number of aliphatic hydroxyl groups is 3. The molecule has 0 bridgehead atoms. The molecular weight excluding hydrogens is 234 g/mol. The van der Waals surface area contributed by atoms with Gasteiger partial charge in [0.25, 0.3) is 0 Å². The van der Waals surface area contributed by atoms with E-state index in [9.17, 15) is 15.3 Å². The van der Waals surface area contributed by atoms with E-state index in [0.29, 0.717) is 6.42 Å². The average Bonchev–Trinajstić information content (AvgIpc) is 2.40. The largest absolute Gasteiger partial charge is 0.395 e. The fourth-order valence-electron chi connectivity index (χ4n) is 3.71. The van der Waals surface area contributed by atoms with Crippen molar-refractivity contribution < 1.29 is 20.1 Å². The Balaban J connectivity index is 2.01. The third-order valence-electron chi connectivity index (χ3n) is 5.35. The van der Waals surface area contributed by atoms with Crippen LogP contribution in [0.1, 0.15) is 26.2 Å². The molecule has 2 atom stereocenters. The molecule has 0 aromatic carbocycles. The minimum Gasteiger partial charge on any atom is -0.395 e. The van der Waals surface area contributed by atoms with Gasteiger partial charge in [-0.2, -0.15) is 0 Å². The van der Waals surface area contributed by atoms with Crippen molar-refractivity contribution >= 4 is 0 Å². The van der Waals surface area contributed by atoms with E-state index in [0.717, 1.165) is 25.9 Å². The lowest BCUT2D eigenvalue weighted by molar-refractivity contribution is -0.263. The highest BCUT2D eigenvalue weighted by atomic mass is 16.5. The molecule has 3 N–H and O–H groups in total. The number of piperidine rings is 1. The number of likely N-dealkylation sites (tertiary alicyclic amines) is 1. The zero-order valence-electron chi connectivity index (χ0n) is 11.3. The van der Waals surface area contributed by atoms with Crippen molar-refractivity contribution in [3.63, 3.8) is 0 Å². The van der Waals surface area contributed by atoms with E-state index >= 15 is 0 Å². The van der Waals surface area contributed by atoms with Gasteiger partial charge in [-0.3, -0.25) is 4.90 Å². The van der Waals surface area contributed by atoms with Crippen molar-refractivity contribution in [1.29, 1.82) is 0 Å². The van der Waals surface area contributed by atoms with E-state index in [-0.39, 0.29) is 36.4 Å². The predicted molar refractivity (Wildman–Crippen MR) is 67.2 cm³/mol. The van der Waals surface area contributed by atoms with Crippen LogP contribution in [-0.2, 0) is 4.74 Å². The number of rotatable bonds is 4. The molecular formula is C13H25NO4. The van der Waals surface area contributed by atoms with Crippen molar-refractivity contribution in [2.45, 2.75) is 43.9 Å². The third kappa shape index (κ3) is 1.89. The van der Waals surface area contributed by atoms with Crippen LogP contribution < -0.4 is 0 Å². The molecule has 0 aromatic rings. The van der Waals surface area contributed by atoms with Gasteiger partial charge in [0.1, 0.15) is 0 Å². The van der Waals surface area contributed by atoms with E-state index in [4.69, 9.17) is 4.74 Å². The third-order valence-corrected chi connectivity index (χ3v) is 5.35. The van der Waals surface area contributed by atoms with Gasteiger partial charge in [0, 0.05) is 18.9 Å². The Morgan fingerprint density at radius 1 is 1.28 bits per heavy atom. The molecule has 1 saturated carbocycles. The number of methoxy groups -OCH3 is 1. The monoisotopic (exact) mass is 259 g/mol. The van der Waals surface area contributed by atoms with Crippen molar-refractivity contribution in [3.05, 3.63) is 0 Å². The summed E-state index contributed by atoms with van der Waals surface area (Å²) in [6, 6.07) is -0.173. The molecule has 2 rings (SSSR count). The molecule has 0 amide bonds. The van der Waals surface area contributed by atoms with Crippen LogP contribution in [0.5, 0.6) is 0 Å². The lowest BCUT2D eigenvalue weighted by Crippen LogP contribution is -2.69. The number of aliphatic hydroxyl groups excluding tert-OH is 3. The summed E-state index contributed by atoms with van der Waals surface area (Å²) in [5, 5.41) is 28.5. The Morgan fingerprint density at radius 2 is 1.83 bits per heavy atom. The van der Waals surface area contributed by atoms with E-state index < -0.39 is 0 Å². The van der Waals surface area contributed by atoms with Crippen LogP contribution in [0.15, 0.2) is 0 Å². The summed E-state index contributed by atoms with van der Waals surface area (Å²) in [6.07, 6.45) is 2.13. The fourth-order valence-corrected chi connectivity index (χ4v) is 3.71. The normalized spacial score (nSPS) is 36.0. The van der Waals surface area contributed by atoms with Gasteiger partial charge >= 0.3 is 0 Å². The number of nitrogens with zero attached hydrogens (tertiary/aromatic N) is 1. The minimum absolute atomic E-state index is 0.0202. The first-order valence-electron chi connectivity index (χ1n) is 6.72. The lowest BCUT2D eigenvalue weighted by Gasteiger charge is -2.63. The maximum absolute atomic E-state index is 10.1. The predicted octanol–water partition coefficient (Wildman–Crippen LogP) is -0.409. The SMILES string of the molecule is CO[C@@]1(C)C[C@@H](O)C12CCN(C(CO)CO)CC2. The zero-order valence-corrected chi connectivity index (χ0v) is 11.3. The van der Waals surface area contributed by atoms with Crippen molar-refractivity contribution in [2.75, 3.05) is 33.4 Å². The smallest absolute Gasteiger partial charge is 0.0757 e. The fraction of sp³-hybridized carbons (Fsp3) is 1.00. The van der Waals surface area contributed by atoms with Crippen LogP contribution in [0.3, 0.4) is 0 Å². The standard InChI is InChI=1S/C13H25NO4/c1-12(18-2)7-11(17)13(12)3-5-14(6-4-13)10(8-15)9-16/h10-11,15-17H,3-9H2,1-2H3/t11-,12+/m1/s1. The van der Waals surface area contributed by atoms with E-state index in [1.54, 1.807) is 7.11 Å². The highest BCUT2D eigenvalue weighted by Gasteiger charge is 2.63. The van der Waals surface area contributed by atoms with E-state index in [1.165, 1.54) is 0 Å². The maximum atomic E-state index is 10.1. The minimum atomic E-state index is -0.286. The highest BCUT2D eigenvalue weighted by Crippen LogP contribution is 2.58. The van der Waals surface area contributed by atoms with Gasteiger partial charge in [0.05, 0.1) is 31.0 Å². The Morgan fingerprint density at radius 3 is 2.22 bits per heavy atom. The Kier molecular flexibility index (Phi) is 3.99. The molecule has 2 aliphatic rings. The second kappa shape index (κ2) is 5.06. The first kappa shape index (κ1) is 14.2. The topological polar surface area (TPSA) is 73.2 Å². The second-order valence-electron chi connectivity index (χ2n) is 5.87. The summed E-state index contributed by atoms with van der Waals surface area (Å²) in [5.41, 5.74) is -0.375. The molecule has 1 saturated heterocycles. The van der Waals surface area contributed by atoms with Gasteiger partial charge < -0.3 is 20.1 Å². The number of hydrogen-bond donors (Lipinski definition) is 3. The van der Waals surface area contributed by atoms with E-state index in [1.807, 2.05) is 0 Å². The molecule has 1 aliphatic carbocycles. The van der Waals surface area contributed by atoms with Crippen LogP contribution in [-0.4, -0.2) is 71.4 Å². The van der Waals surface area contributed by atoms with Gasteiger partial charge in [0.15, 0.2) is 0 Å². The summed E-state index contributed by atoms with van der Waals surface area (Å²) in [7, 11) is 1.71. The molecule has 5 heteroatoms. The van der Waals surface area contributed by atoms with Crippen molar-refractivity contribution in [1.82, 2.24) is 4.90 Å². The molecule has 1 heterocycles. The second-order valence-corrected chi connectivity index (χ2v) is 5.87. The zero-order chi connectivity index (χ0) is 13.4. The van der Waals surface area contributed by atoms with Crippen LogP contribution >= 0.6 is 0 Å². The maximum Gasteiger partial charge on any atom is 0.0757 e. The molecule has 18 heavy (non-hydrogen) atoms. The van der Waals surface area contributed by atoms with Crippen molar-refractivity contribution in [2.24, 2.45) is 5.41 Å². The summed E-state index contributed by atoms with van der Waals surface area (Å²) in [5.74, 6) is 0. The van der Waals surface area contributed by atoms with Crippen LogP contribution in [0, 0.1) is 5.41 Å². The van der Waals surface area contributed by atoms with Crippen molar-refractivity contribution in [3.8, 4) is 0 Å². The molecule has 0 radical (unpaired) electrons. The van der Waals surface area contributed by atoms with Gasteiger partial charge in [-0.05, 0) is 32.9 Å². The first-order chi connectivity index (χ1) is 8.53. The van der Waals surface area contributed by atoms with Crippen LogP contribution in [0.4, 0.5) is 0 Å². The Labute approximate surface area is 108 Å². The Hall–Kier alpha value is -0.200. The summed E-state index contributed by atoms with van der Waals surface area (Å²) in [6.45, 7) is 3.62. The van der Waals surface area contributed by atoms with Crippen LogP contribution in [0.2, 0.25) is 0 Å². The Bertz CT molecular complexity index is 287. The van der Waals surface area contributed by atoms with Gasteiger partial charge in [-0.25, -0.2) is 0 Å². The van der Waals surface area contributed by atoms with Crippen LogP contribution in [0.25, 0.3) is 0 Å². The number of hydrogen-bond acceptors (Lipinski definition) is 5. The summed E-state index contributed by atoms with van der Waals surface area (Å²) < 4.78 is 5.61. The molecule has 5 nitrogen and oxygen atoms in total. The van der Waals surface area contributed by atoms with Gasteiger partial charge in [-0.15, -0.1) is 0 Å². The highest BCUT2D eigenvalue weighted by molar-refractivity contribution is 5.14. The summed E-state index contributed by atoms with van der Waals surface area (Å²) >= 11 is 0. The average molecular weight is 259 g/mol. The number of ether oxygens (including phenoxy) is 1.